The van der Waals surface area contributed by atoms with Crippen LogP contribution in [0.3, 0.4) is 0 Å². The minimum absolute atomic E-state index is 0.613. The average molecular weight is 227 g/mol. The van der Waals surface area contributed by atoms with Crippen LogP contribution < -0.4 is 5.73 Å². The number of H-pyrrole nitrogens is 1. The van der Waals surface area contributed by atoms with Crippen LogP contribution in [0.5, 0.6) is 0 Å². The first-order valence-corrected chi connectivity index (χ1v) is 4.31. The van der Waals surface area contributed by atoms with Gasteiger partial charge in [-0.25, -0.2) is 9.78 Å². The zero-order valence-corrected chi connectivity index (χ0v) is 8.62. The molecule has 0 saturated carbocycles. The van der Waals surface area contributed by atoms with Gasteiger partial charge < -0.3 is 20.9 Å². The molecule has 0 unspecified atom stereocenters. The molecular formula is C9H13N3O4. The van der Waals surface area contributed by atoms with Crippen molar-refractivity contribution in [2.24, 2.45) is 5.73 Å². The van der Waals surface area contributed by atoms with Crippen LogP contribution in [-0.4, -0.2) is 38.2 Å². The number of rotatable bonds is 3. The van der Waals surface area contributed by atoms with Crippen LogP contribution in [0.15, 0.2) is 18.6 Å². The van der Waals surface area contributed by atoms with Gasteiger partial charge in [-0.3, -0.25) is 4.79 Å². The van der Waals surface area contributed by atoms with Gasteiger partial charge in [0.25, 0.3) is 0 Å². The van der Waals surface area contributed by atoms with Gasteiger partial charge in [0.2, 0.25) is 0 Å². The van der Waals surface area contributed by atoms with Gasteiger partial charge in [-0.1, -0.05) is 0 Å². The Hall–Kier alpha value is -2.15. The maximum Gasteiger partial charge on any atom is 0.328 e. The molecule has 0 spiro atoms. The SMILES string of the molecule is C[C@H](N)C(=O)O.O=C(O)C=Cc1c[nH]cn1. The molecular weight excluding hydrogens is 214 g/mol. The summed E-state index contributed by atoms with van der Waals surface area (Å²) in [7, 11) is 0. The highest BCUT2D eigenvalue weighted by atomic mass is 16.4. The van der Waals surface area contributed by atoms with E-state index >= 15 is 0 Å². The Morgan fingerprint density at radius 1 is 1.56 bits per heavy atom. The molecule has 1 atom stereocenters. The number of nitrogens with zero attached hydrogens (tertiary/aromatic N) is 1. The second-order valence-corrected chi connectivity index (χ2v) is 2.79. The first kappa shape index (κ1) is 13.8. The fourth-order valence-electron chi connectivity index (χ4n) is 0.520. The second-order valence-electron chi connectivity index (χ2n) is 2.79. The number of aromatic nitrogens is 2. The molecule has 0 aliphatic carbocycles. The number of aliphatic carboxylic acids is 2. The van der Waals surface area contributed by atoms with Gasteiger partial charge in [0.05, 0.1) is 12.0 Å². The van der Waals surface area contributed by atoms with Crippen LogP contribution in [-0.2, 0) is 9.59 Å². The molecule has 88 valence electrons. The van der Waals surface area contributed by atoms with Crippen LogP contribution in [0.25, 0.3) is 6.08 Å². The predicted molar refractivity (Wildman–Crippen MR) is 56.5 cm³/mol. The number of aromatic amines is 1. The van der Waals surface area contributed by atoms with Crippen molar-refractivity contribution in [2.75, 3.05) is 0 Å². The first-order chi connectivity index (χ1) is 7.43. The molecule has 0 bridgehead atoms. The normalized spacial score (nSPS) is 11.6. The molecule has 0 saturated heterocycles. The first-order valence-electron chi connectivity index (χ1n) is 4.31. The molecule has 7 heteroatoms. The molecule has 1 aromatic rings. The Labute approximate surface area is 91.6 Å². The highest BCUT2D eigenvalue weighted by molar-refractivity contribution is 5.84. The van der Waals surface area contributed by atoms with E-state index in [1.807, 2.05) is 0 Å². The van der Waals surface area contributed by atoms with Crippen molar-refractivity contribution in [3.8, 4) is 0 Å². The van der Waals surface area contributed by atoms with E-state index in [0.29, 0.717) is 5.69 Å². The van der Waals surface area contributed by atoms with E-state index < -0.39 is 18.0 Å². The molecule has 1 aromatic heterocycles. The molecule has 1 rings (SSSR count). The van der Waals surface area contributed by atoms with E-state index in [0.717, 1.165) is 6.08 Å². The third-order valence-corrected chi connectivity index (χ3v) is 1.31. The third-order valence-electron chi connectivity index (χ3n) is 1.31. The molecule has 0 radical (unpaired) electrons. The summed E-state index contributed by atoms with van der Waals surface area (Å²) in [4.78, 5) is 26.0. The molecule has 0 amide bonds. The van der Waals surface area contributed by atoms with Gasteiger partial charge >= 0.3 is 11.9 Å². The maximum absolute atomic E-state index is 9.97. The number of nitrogens with one attached hydrogen (secondary N) is 1. The zero-order chi connectivity index (χ0) is 12.6. The average Bonchev–Trinajstić information content (AvgIpc) is 2.67. The van der Waals surface area contributed by atoms with Gasteiger partial charge in [-0.05, 0) is 13.0 Å². The van der Waals surface area contributed by atoms with Crippen LogP contribution in [0.2, 0.25) is 0 Å². The molecule has 0 aliphatic rings. The lowest BCUT2D eigenvalue weighted by molar-refractivity contribution is -0.138. The van der Waals surface area contributed by atoms with Crippen LogP contribution in [0, 0.1) is 0 Å². The van der Waals surface area contributed by atoms with E-state index in [-0.39, 0.29) is 0 Å². The minimum Gasteiger partial charge on any atom is -0.480 e. The number of carboxylic acid groups (broad SMARTS) is 2. The standard InChI is InChI=1S/C6H6N2O2.C3H7NO2/c9-6(10)2-1-5-3-7-4-8-5;1-2(4)3(5)6/h1-4H,(H,7,8)(H,9,10);2H,4H2,1H3,(H,5,6)/t;2-/m.0/s1. The highest BCUT2D eigenvalue weighted by Gasteiger charge is 1.99. The summed E-state index contributed by atoms with van der Waals surface area (Å²) in [6, 6.07) is -0.731. The smallest absolute Gasteiger partial charge is 0.328 e. The number of hydrogen-bond acceptors (Lipinski definition) is 4. The maximum atomic E-state index is 9.97. The number of imidazole rings is 1. The van der Waals surface area contributed by atoms with Gasteiger partial charge in [-0.2, -0.15) is 0 Å². The number of nitrogens with two attached hydrogens (primary N) is 1. The fraction of sp³-hybridized carbons (Fsp3) is 0.222. The van der Waals surface area contributed by atoms with Crippen molar-refractivity contribution < 1.29 is 19.8 Å². The predicted octanol–water partition coefficient (Wildman–Crippen LogP) is -0.0743. The number of carbonyl (C=O) groups is 2. The lowest BCUT2D eigenvalue weighted by Crippen LogP contribution is -2.25. The number of carboxylic acids is 2. The van der Waals surface area contributed by atoms with Crippen LogP contribution in [0.4, 0.5) is 0 Å². The second kappa shape index (κ2) is 7.18. The summed E-state index contributed by atoms with van der Waals surface area (Å²) < 4.78 is 0. The van der Waals surface area contributed by atoms with Gasteiger partial charge in [0, 0.05) is 12.3 Å². The molecule has 7 nitrogen and oxygen atoms in total. The topological polar surface area (TPSA) is 129 Å². The fourth-order valence-corrected chi connectivity index (χ4v) is 0.520. The van der Waals surface area contributed by atoms with Gasteiger partial charge in [0.1, 0.15) is 6.04 Å². The summed E-state index contributed by atoms with van der Waals surface area (Å²) in [6.45, 7) is 1.42. The molecule has 0 aliphatic heterocycles. The summed E-state index contributed by atoms with van der Waals surface area (Å²) in [5.74, 6) is -1.93. The molecule has 5 N–H and O–H groups in total. The Kier molecular flexibility index (Phi) is 6.22. The quantitative estimate of drug-likeness (QED) is 0.534. The van der Waals surface area contributed by atoms with Crippen LogP contribution in [0.1, 0.15) is 12.6 Å². The Morgan fingerprint density at radius 2 is 2.12 bits per heavy atom. The van der Waals surface area contributed by atoms with E-state index in [1.54, 1.807) is 6.20 Å². The van der Waals surface area contributed by atoms with Crippen LogP contribution >= 0.6 is 0 Å². The van der Waals surface area contributed by atoms with Crippen molar-refractivity contribution in [3.63, 3.8) is 0 Å². The van der Waals surface area contributed by atoms with E-state index in [2.05, 4.69) is 9.97 Å². The molecule has 0 fully saturated rings. The van der Waals surface area contributed by atoms with Crippen molar-refractivity contribution in [1.29, 1.82) is 0 Å². The summed E-state index contributed by atoms with van der Waals surface area (Å²) in [5, 5.41) is 16.1. The third kappa shape index (κ3) is 7.27. The summed E-state index contributed by atoms with van der Waals surface area (Å²) >= 11 is 0. The number of hydrogen-bond donors (Lipinski definition) is 4. The highest BCUT2D eigenvalue weighted by Crippen LogP contribution is 1.92. The van der Waals surface area contributed by atoms with E-state index in [4.69, 9.17) is 15.9 Å². The molecule has 16 heavy (non-hydrogen) atoms. The van der Waals surface area contributed by atoms with E-state index in [1.165, 1.54) is 19.3 Å². The minimum atomic E-state index is -0.969. The zero-order valence-electron chi connectivity index (χ0n) is 8.62. The van der Waals surface area contributed by atoms with Crippen molar-refractivity contribution in [3.05, 3.63) is 24.3 Å². The lowest BCUT2D eigenvalue weighted by Gasteiger charge is -1.90. The summed E-state index contributed by atoms with van der Waals surface area (Å²) in [6.07, 6.45) is 5.55. The van der Waals surface area contributed by atoms with Gasteiger partial charge in [-0.15, -0.1) is 0 Å². The molecule has 0 aromatic carbocycles. The van der Waals surface area contributed by atoms with Crippen molar-refractivity contribution in [1.82, 2.24) is 9.97 Å². The summed E-state index contributed by atoms with van der Waals surface area (Å²) in [5.41, 5.74) is 5.45. The van der Waals surface area contributed by atoms with E-state index in [9.17, 15) is 9.59 Å². The Morgan fingerprint density at radius 3 is 2.44 bits per heavy atom. The molecule has 1 heterocycles. The monoisotopic (exact) mass is 227 g/mol. The Balaban J connectivity index is 0.000000325. The lowest BCUT2D eigenvalue weighted by atomic mass is 10.4. The van der Waals surface area contributed by atoms with Crippen molar-refractivity contribution >= 4 is 18.0 Å². The van der Waals surface area contributed by atoms with Gasteiger partial charge in [0.15, 0.2) is 0 Å². The largest absolute Gasteiger partial charge is 0.480 e. The van der Waals surface area contributed by atoms with Crippen molar-refractivity contribution in [2.45, 2.75) is 13.0 Å². The Bertz CT molecular complexity index is 357.